The van der Waals surface area contributed by atoms with Crippen LogP contribution in [0.4, 0.5) is 11.4 Å². The highest BCUT2D eigenvalue weighted by Gasteiger charge is 2.34. The third kappa shape index (κ3) is 4.82. The monoisotopic (exact) mass is 412 g/mol. The minimum Gasteiger partial charge on any atom is -0.378 e. The van der Waals surface area contributed by atoms with Crippen LogP contribution >= 0.6 is 0 Å². The molecule has 1 heterocycles. The molecule has 3 aromatic rings. The number of fused-ring (bicyclic) bond motifs is 1. The molecule has 0 aromatic heterocycles. The highest BCUT2D eigenvalue weighted by Crippen LogP contribution is 2.39. The Labute approximate surface area is 186 Å². The predicted octanol–water partition coefficient (Wildman–Crippen LogP) is 7.01. The molecule has 1 amide bonds. The van der Waals surface area contributed by atoms with Crippen LogP contribution in [0.15, 0.2) is 78.9 Å². The van der Waals surface area contributed by atoms with E-state index >= 15 is 0 Å². The smallest absolute Gasteiger partial charge is 0.258 e. The van der Waals surface area contributed by atoms with Crippen molar-refractivity contribution in [2.24, 2.45) is 0 Å². The topological polar surface area (TPSA) is 32.3 Å². The number of amides is 1. The van der Waals surface area contributed by atoms with Gasteiger partial charge in [0.05, 0.1) is 6.04 Å². The summed E-state index contributed by atoms with van der Waals surface area (Å²) in [5.74, 6) is 0.0817. The summed E-state index contributed by atoms with van der Waals surface area (Å²) in [6, 6.07) is 27.1. The maximum Gasteiger partial charge on any atom is 0.258 e. The van der Waals surface area contributed by atoms with Crippen molar-refractivity contribution >= 4 is 17.3 Å². The van der Waals surface area contributed by atoms with Crippen molar-refractivity contribution in [2.45, 2.75) is 58.0 Å². The van der Waals surface area contributed by atoms with Gasteiger partial charge < -0.3 is 10.2 Å². The normalized spacial score (nSPS) is 17.8. The molecule has 160 valence electrons. The molecule has 1 aliphatic rings. The molecule has 3 aromatic carbocycles. The number of benzene rings is 3. The van der Waals surface area contributed by atoms with Crippen LogP contribution in [-0.2, 0) is 6.42 Å². The molecule has 31 heavy (non-hydrogen) atoms. The lowest BCUT2D eigenvalue weighted by molar-refractivity contribution is 0.0974. The summed E-state index contributed by atoms with van der Waals surface area (Å²) in [4.78, 5) is 15.5. The zero-order valence-electron chi connectivity index (χ0n) is 18.6. The summed E-state index contributed by atoms with van der Waals surface area (Å²) >= 11 is 0. The molecule has 0 radical (unpaired) electrons. The van der Waals surface area contributed by atoms with Crippen molar-refractivity contribution in [3.63, 3.8) is 0 Å². The lowest BCUT2D eigenvalue weighted by Gasteiger charge is -2.40. The molecule has 0 fully saturated rings. The van der Waals surface area contributed by atoms with Crippen molar-refractivity contribution in [2.75, 3.05) is 10.2 Å². The maximum absolute atomic E-state index is 13.5. The number of nitrogens with zero attached hydrogens (tertiary/aromatic N) is 1. The van der Waals surface area contributed by atoms with Crippen LogP contribution in [0.5, 0.6) is 0 Å². The molecule has 0 bridgehead atoms. The molecule has 3 heteroatoms. The van der Waals surface area contributed by atoms with Crippen LogP contribution in [0.25, 0.3) is 0 Å². The average molecular weight is 413 g/mol. The molecular weight excluding hydrogens is 380 g/mol. The predicted molar refractivity (Wildman–Crippen MR) is 130 cm³/mol. The van der Waals surface area contributed by atoms with Crippen LogP contribution in [0.1, 0.15) is 67.1 Å². The van der Waals surface area contributed by atoms with Gasteiger partial charge in [-0.05, 0) is 67.6 Å². The molecule has 0 unspecified atom stereocenters. The van der Waals surface area contributed by atoms with Gasteiger partial charge in [-0.15, -0.1) is 0 Å². The number of anilines is 2. The van der Waals surface area contributed by atoms with Crippen molar-refractivity contribution in [1.29, 1.82) is 0 Å². The lowest BCUT2D eigenvalue weighted by atomic mass is 9.90. The standard InChI is InChI=1S/C28H32N2O/c1-3-4-6-11-22-16-18-23(19-17-22)28(31)30-21(2)20-26(25-14-9-10-15-27(25)30)29-24-12-7-5-8-13-24/h5,7-10,12-19,21,26,29H,3-4,6,11,20H2,1-2H3/t21-,26+/m0/s1. The van der Waals surface area contributed by atoms with E-state index in [4.69, 9.17) is 0 Å². The first-order valence-corrected chi connectivity index (χ1v) is 11.5. The maximum atomic E-state index is 13.5. The summed E-state index contributed by atoms with van der Waals surface area (Å²) in [5.41, 5.74) is 5.35. The summed E-state index contributed by atoms with van der Waals surface area (Å²) in [5, 5.41) is 3.66. The van der Waals surface area contributed by atoms with Crippen LogP contribution in [-0.4, -0.2) is 11.9 Å². The molecule has 0 aliphatic carbocycles. The Morgan fingerprint density at radius 2 is 1.65 bits per heavy atom. The second-order valence-corrected chi connectivity index (χ2v) is 8.54. The van der Waals surface area contributed by atoms with Gasteiger partial charge in [-0.25, -0.2) is 0 Å². The van der Waals surface area contributed by atoms with Gasteiger partial charge >= 0.3 is 0 Å². The number of hydrogen-bond donors (Lipinski definition) is 1. The van der Waals surface area contributed by atoms with Crippen molar-refractivity contribution in [3.8, 4) is 0 Å². The molecule has 4 rings (SSSR count). The Morgan fingerprint density at radius 1 is 0.935 bits per heavy atom. The largest absolute Gasteiger partial charge is 0.378 e. The van der Waals surface area contributed by atoms with Crippen LogP contribution in [0.3, 0.4) is 0 Å². The lowest BCUT2D eigenvalue weighted by Crippen LogP contribution is -2.44. The van der Waals surface area contributed by atoms with E-state index in [-0.39, 0.29) is 18.0 Å². The Morgan fingerprint density at radius 3 is 2.39 bits per heavy atom. The summed E-state index contributed by atoms with van der Waals surface area (Å²) in [6.45, 7) is 4.37. The van der Waals surface area contributed by atoms with Crippen molar-refractivity contribution in [3.05, 3.63) is 95.6 Å². The molecule has 0 saturated heterocycles. The van der Waals surface area contributed by atoms with Gasteiger partial charge in [-0.2, -0.15) is 0 Å². The molecular formula is C28H32N2O. The van der Waals surface area contributed by atoms with E-state index < -0.39 is 0 Å². The number of aryl methyl sites for hydroxylation is 1. The average Bonchev–Trinajstić information content (AvgIpc) is 2.80. The number of nitrogens with one attached hydrogen (secondary N) is 1. The minimum atomic E-state index is 0.0817. The van der Waals surface area contributed by atoms with Crippen LogP contribution < -0.4 is 10.2 Å². The third-order valence-electron chi connectivity index (χ3n) is 6.19. The number of hydrogen-bond acceptors (Lipinski definition) is 2. The van der Waals surface area contributed by atoms with E-state index in [9.17, 15) is 4.79 Å². The van der Waals surface area contributed by atoms with E-state index in [1.807, 2.05) is 41.3 Å². The van der Waals surface area contributed by atoms with Crippen LogP contribution in [0.2, 0.25) is 0 Å². The summed E-state index contributed by atoms with van der Waals surface area (Å²) < 4.78 is 0. The van der Waals surface area contributed by atoms with Gasteiger partial charge in [0.25, 0.3) is 5.91 Å². The molecule has 1 aliphatic heterocycles. The fourth-order valence-electron chi connectivity index (χ4n) is 4.53. The molecule has 3 nitrogen and oxygen atoms in total. The van der Waals surface area contributed by atoms with Gasteiger partial charge in [0, 0.05) is 23.0 Å². The highest BCUT2D eigenvalue weighted by atomic mass is 16.2. The molecule has 0 spiro atoms. The van der Waals surface area contributed by atoms with E-state index in [1.54, 1.807) is 0 Å². The zero-order chi connectivity index (χ0) is 21.6. The minimum absolute atomic E-state index is 0.0817. The van der Waals surface area contributed by atoms with E-state index in [0.29, 0.717) is 0 Å². The number of para-hydroxylation sites is 2. The van der Waals surface area contributed by atoms with Gasteiger partial charge in [-0.1, -0.05) is 68.3 Å². The molecule has 2 atom stereocenters. The fourth-order valence-corrected chi connectivity index (χ4v) is 4.53. The number of unbranched alkanes of at least 4 members (excludes halogenated alkanes) is 2. The SMILES string of the molecule is CCCCCc1ccc(C(=O)N2c3ccccc3[C@H](Nc3ccccc3)C[C@@H]2C)cc1. The Kier molecular flexibility index (Phi) is 6.71. The molecule has 1 N–H and O–H groups in total. The second-order valence-electron chi connectivity index (χ2n) is 8.54. The molecule has 0 saturated carbocycles. The Balaban J connectivity index is 1.56. The number of carbonyl (C=O) groups excluding carboxylic acids is 1. The Bertz CT molecular complexity index is 997. The zero-order valence-corrected chi connectivity index (χ0v) is 18.6. The fraction of sp³-hybridized carbons (Fsp3) is 0.321. The second kappa shape index (κ2) is 9.82. The quantitative estimate of drug-likeness (QED) is 0.423. The van der Waals surface area contributed by atoms with E-state index in [0.717, 1.165) is 29.8 Å². The van der Waals surface area contributed by atoms with E-state index in [1.165, 1.54) is 30.4 Å². The van der Waals surface area contributed by atoms with Crippen molar-refractivity contribution in [1.82, 2.24) is 0 Å². The van der Waals surface area contributed by atoms with Gasteiger partial charge in [0.15, 0.2) is 0 Å². The summed E-state index contributed by atoms with van der Waals surface area (Å²) in [7, 11) is 0. The summed E-state index contributed by atoms with van der Waals surface area (Å²) in [6.07, 6.45) is 5.63. The Hall–Kier alpha value is -3.07. The third-order valence-corrected chi connectivity index (χ3v) is 6.19. The van der Waals surface area contributed by atoms with E-state index in [2.05, 4.69) is 61.6 Å². The van der Waals surface area contributed by atoms with Gasteiger partial charge in [0.2, 0.25) is 0 Å². The first kappa shape index (κ1) is 21.2. The van der Waals surface area contributed by atoms with Gasteiger partial charge in [0.1, 0.15) is 0 Å². The number of rotatable bonds is 7. The van der Waals surface area contributed by atoms with Gasteiger partial charge in [-0.3, -0.25) is 4.79 Å². The van der Waals surface area contributed by atoms with Crippen molar-refractivity contribution < 1.29 is 4.79 Å². The highest BCUT2D eigenvalue weighted by molar-refractivity contribution is 6.07. The first-order chi connectivity index (χ1) is 15.2. The van der Waals surface area contributed by atoms with Crippen LogP contribution in [0, 0.1) is 0 Å². The number of carbonyl (C=O) groups is 1. The first-order valence-electron chi connectivity index (χ1n) is 11.5.